The van der Waals surface area contributed by atoms with E-state index in [2.05, 4.69) is 15.9 Å². The predicted octanol–water partition coefficient (Wildman–Crippen LogP) is 4.55. The number of benzene rings is 1. The first-order valence-corrected chi connectivity index (χ1v) is 7.54. The van der Waals surface area contributed by atoms with Crippen molar-refractivity contribution in [1.82, 2.24) is 4.40 Å². The Balaban J connectivity index is 2.34. The zero-order valence-corrected chi connectivity index (χ0v) is 13.1. The van der Waals surface area contributed by atoms with Crippen LogP contribution in [0.3, 0.4) is 0 Å². The van der Waals surface area contributed by atoms with Crippen LogP contribution in [0.15, 0.2) is 59.2 Å². The number of hydrogen-bond acceptors (Lipinski definition) is 2. The van der Waals surface area contributed by atoms with Gasteiger partial charge in [0.2, 0.25) is 0 Å². The van der Waals surface area contributed by atoms with Crippen molar-refractivity contribution < 1.29 is 9.53 Å². The van der Waals surface area contributed by atoms with Gasteiger partial charge in [-0.15, -0.1) is 0 Å². The van der Waals surface area contributed by atoms with Crippen LogP contribution in [0.5, 0.6) is 0 Å². The van der Waals surface area contributed by atoms with E-state index >= 15 is 0 Å². The van der Waals surface area contributed by atoms with E-state index < -0.39 is 0 Å². The summed E-state index contributed by atoms with van der Waals surface area (Å²) in [6, 6.07) is 15.7. The first-order chi connectivity index (χ1) is 10.2. The fraction of sp³-hybridized carbons (Fsp3) is 0.118. The molecule has 0 N–H and O–H groups in total. The number of ether oxygens (including phenoxy) is 1. The lowest BCUT2D eigenvalue weighted by Gasteiger charge is -2.06. The number of hydrogen-bond donors (Lipinski definition) is 0. The number of carbonyl (C=O) groups is 1. The maximum atomic E-state index is 12.4. The summed E-state index contributed by atoms with van der Waals surface area (Å²) in [7, 11) is 0. The van der Waals surface area contributed by atoms with Crippen LogP contribution in [0.4, 0.5) is 0 Å². The van der Waals surface area contributed by atoms with Crippen molar-refractivity contribution in [2.45, 2.75) is 6.92 Å². The summed E-state index contributed by atoms with van der Waals surface area (Å²) in [6.07, 6.45) is 1.87. The predicted molar refractivity (Wildman–Crippen MR) is 86.5 cm³/mol. The molecular formula is C17H14BrNO2. The van der Waals surface area contributed by atoms with Crippen LogP contribution in [0.25, 0.3) is 16.6 Å². The minimum Gasteiger partial charge on any atom is -0.461 e. The van der Waals surface area contributed by atoms with Gasteiger partial charge < -0.3 is 9.14 Å². The highest BCUT2D eigenvalue weighted by atomic mass is 79.9. The number of fused-ring (bicyclic) bond motifs is 1. The highest BCUT2D eigenvalue weighted by molar-refractivity contribution is 9.10. The molecule has 21 heavy (non-hydrogen) atoms. The number of nitrogens with zero attached hydrogens (tertiary/aromatic N) is 1. The Morgan fingerprint density at radius 1 is 1.14 bits per heavy atom. The topological polar surface area (TPSA) is 30.7 Å². The van der Waals surface area contributed by atoms with E-state index in [1.807, 2.05) is 66.1 Å². The molecule has 0 bridgehead atoms. The second kappa shape index (κ2) is 5.74. The summed E-state index contributed by atoms with van der Waals surface area (Å²) in [5.41, 5.74) is 3.33. The van der Waals surface area contributed by atoms with Crippen molar-refractivity contribution in [2.75, 3.05) is 6.61 Å². The van der Waals surface area contributed by atoms with Gasteiger partial charge in [0, 0.05) is 11.8 Å². The molecular weight excluding hydrogens is 330 g/mol. The Morgan fingerprint density at radius 2 is 1.86 bits per heavy atom. The van der Waals surface area contributed by atoms with Crippen LogP contribution >= 0.6 is 15.9 Å². The van der Waals surface area contributed by atoms with Crippen LogP contribution in [0, 0.1) is 0 Å². The molecule has 2 heterocycles. The third kappa shape index (κ3) is 2.36. The van der Waals surface area contributed by atoms with E-state index in [4.69, 9.17) is 4.74 Å². The second-order valence-electron chi connectivity index (χ2n) is 4.58. The van der Waals surface area contributed by atoms with Gasteiger partial charge in [-0.2, -0.15) is 0 Å². The number of rotatable bonds is 3. The highest BCUT2D eigenvalue weighted by Crippen LogP contribution is 2.37. The lowest BCUT2D eigenvalue weighted by Crippen LogP contribution is -2.09. The van der Waals surface area contributed by atoms with Gasteiger partial charge in [0.1, 0.15) is 5.69 Å². The molecule has 3 aromatic rings. The molecule has 0 fully saturated rings. The maximum absolute atomic E-state index is 12.4. The van der Waals surface area contributed by atoms with E-state index in [-0.39, 0.29) is 5.97 Å². The van der Waals surface area contributed by atoms with Crippen molar-refractivity contribution in [3.8, 4) is 11.1 Å². The lowest BCUT2D eigenvalue weighted by molar-refractivity contribution is 0.0519. The molecule has 0 spiro atoms. The minimum absolute atomic E-state index is 0.316. The molecule has 0 radical (unpaired) electrons. The summed E-state index contributed by atoms with van der Waals surface area (Å²) in [6.45, 7) is 2.16. The molecule has 3 nitrogen and oxygen atoms in total. The molecule has 0 atom stereocenters. The molecule has 0 aliphatic rings. The molecule has 0 aliphatic heterocycles. The smallest absolute Gasteiger partial charge is 0.355 e. The van der Waals surface area contributed by atoms with E-state index in [0.29, 0.717) is 12.3 Å². The fourth-order valence-electron chi connectivity index (χ4n) is 2.44. The second-order valence-corrected chi connectivity index (χ2v) is 5.37. The average molecular weight is 344 g/mol. The van der Waals surface area contributed by atoms with Gasteiger partial charge in [0.05, 0.1) is 16.6 Å². The van der Waals surface area contributed by atoms with Crippen molar-refractivity contribution in [3.05, 3.63) is 64.9 Å². The third-order valence-electron chi connectivity index (χ3n) is 3.31. The zero-order valence-electron chi connectivity index (χ0n) is 11.5. The Labute approximate surface area is 131 Å². The van der Waals surface area contributed by atoms with Gasteiger partial charge in [-0.25, -0.2) is 4.79 Å². The Hall–Kier alpha value is -2.07. The van der Waals surface area contributed by atoms with E-state index in [0.717, 1.165) is 21.1 Å². The fourth-order valence-corrected chi connectivity index (χ4v) is 3.18. The van der Waals surface area contributed by atoms with Gasteiger partial charge in [0.25, 0.3) is 0 Å². The molecule has 1 aromatic carbocycles. The molecule has 4 heteroatoms. The highest BCUT2D eigenvalue weighted by Gasteiger charge is 2.23. The van der Waals surface area contributed by atoms with Crippen molar-refractivity contribution in [2.24, 2.45) is 0 Å². The molecule has 2 aromatic heterocycles. The molecule has 0 saturated carbocycles. The molecule has 0 aliphatic carbocycles. The van der Waals surface area contributed by atoms with Crippen molar-refractivity contribution in [1.29, 1.82) is 0 Å². The SMILES string of the molecule is CCOC(=O)c1c(-c2ccccc2)c(Br)c2ccccn12. The summed E-state index contributed by atoms with van der Waals surface area (Å²) < 4.78 is 8.00. The molecule has 0 amide bonds. The Kier molecular flexibility index (Phi) is 3.80. The van der Waals surface area contributed by atoms with Crippen LogP contribution < -0.4 is 0 Å². The quantitative estimate of drug-likeness (QED) is 0.653. The monoisotopic (exact) mass is 343 g/mol. The van der Waals surface area contributed by atoms with Gasteiger partial charge >= 0.3 is 5.97 Å². The Bertz CT molecular complexity index is 793. The number of esters is 1. The normalized spacial score (nSPS) is 10.8. The molecule has 0 saturated heterocycles. The average Bonchev–Trinajstić information content (AvgIpc) is 2.82. The largest absolute Gasteiger partial charge is 0.461 e. The molecule has 3 rings (SSSR count). The van der Waals surface area contributed by atoms with Crippen LogP contribution in [-0.4, -0.2) is 17.0 Å². The first kappa shape index (κ1) is 13.9. The van der Waals surface area contributed by atoms with Crippen LogP contribution in [0.2, 0.25) is 0 Å². The number of aromatic nitrogens is 1. The van der Waals surface area contributed by atoms with Crippen LogP contribution in [-0.2, 0) is 4.74 Å². The van der Waals surface area contributed by atoms with E-state index in [9.17, 15) is 4.79 Å². The summed E-state index contributed by atoms with van der Waals surface area (Å²) in [5.74, 6) is -0.316. The molecule has 106 valence electrons. The number of pyridine rings is 1. The summed E-state index contributed by atoms with van der Waals surface area (Å²) >= 11 is 3.63. The van der Waals surface area contributed by atoms with Gasteiger partial charge in [-0.1, -0.05) is 36.4 Å². The maximum Gasteiger partial charge on any atom is 0.355 e. The van der Waals surface area contributed by atoms with E-state index in [1.54, 1.807) is 0 Å². The minimum atomic E-state index is -0.316. The third-order valence-corrected chi connectivity index (χ3v) is 4.12. The van der Waals surface area contributed by atoms with Crippen molar-refractivity contribution >= 4 is 27.4 Å². The van der Waals surface area contributed by atoms with Gasteiger partial charge in [-0.05, 0) is 40.5 Å². The first-order valence-electron chi connectivity index (χ1n) is 6.75. The van der Waals surface area contributed by atoms with Gasteiger partial charge in [0.15, 0.2) is 0 Å². The molecule has 0 unspecified atom stereocenters. The summed E-state index contributed by atoms with van der Waals surface area (Å²) in [5, 5.41) is 0. The Morgan fingerprint density at radius 3 is 2.57 bits per heavy atom. The van der Waals surface area contributed by atoms with Gasteiger partial charge in [-0.3, -0.25) is 0 Å². The zero-order chi connectivity index (χ0) is 14.8. The van der Waals surface area contributed by atoms with Crippen LogP contribution in [0.1, 0.15) is 17.4 Å². The number of halogens is 1. The standard InChI is InChI=1S/C17H14BrNO2/c1-2-21-17(20)16-14(12-8-4-3-5-9-12)15(18)13-10-6-7-11-19(13)16/h3-11H,2H2,1H3. The van der Waals surface area contributed by atoms with Crippen molar-refractivity contribution in [3.63, 3.8) is 0 Å². The lowest BCUT2D eigenvalue weighted by atomic mass is 10.1. The summed E-state index contributed by atoms with van der Waals surface area (Å²) in [4.78, 5) is 12.4. The number of carbonyl (C=O) groups excluding carboxylic acids is 1. The van der Waals surface area contributed by atoms with E-state index in [1.165, 1.54) is 0 Å².